The first-order valence-electron chi connectivity index (χ1n) is 6.66. The lowest BCUT2D eigenvalue weighted by Gasteiger charge is -2.03. The lowest BCUT2D eigenvalue weighted by atomic mass is 10.2. The summed E-state index contributed by atoms with van der Waals surface area (Å²) in [6, 6.07) is 6.89. The molecule has 1 saturated carbocycles. The van der Waals surface area contributed by atoms with E-state index in [0.717, 1.165) is 22.7 Å². The largest absolute Gasteiger partial charge is 0.364 e. The molecule has 0 unspecified atom stereocenters. The molecular formula is C15H13FN4. The highest BCUT2D eigenvalue weighted by Gasteiger charge is 2.22. The Hall–Kier alpha value is -2.43. The molecule has 3 aromatic rings. The van der Waals surface area contributed by atoms with Crippen LogP contribution in [-0.2, 0) is 0 Å². The van der Waals surface area contributed by atoms with Crippen LogP contribution in [0.3, 0.4) is 0 Å². The minimum Gasteiger partial charge on any atom is -0.364 e. The molecule has 4 nitrogen and oxygen atoms in total. The van der Waals surface area contributed by atoms with E-state index in [1.807, 2.05) is 16.8 Å². The molecule has 1 aliphatic carbocycles. The Bertz CT molecular complexity index is 759. The van der Waals surface area contributed by atoms with Crippen LogP contribution in [0, 0.1) is 5.82 Å². The molecule has 0 bridgehead atoms. The molecule has 5 heteroatoms. The highest BCUT2D eigenvalue weighted by molar-refractivity contribution is 5.70. The summed E-state index contributed by atoms with van der Waals surface area (Å²) in [6.07, 6.45) is 7.94. The summed E-state index contributed by atoms with van der Waals surface area (Å²) in [7, 11) is 0. The van der Waals surface area contributed by atoms with E-state index in [0.29, 0.717) is 6.04 Å². The van der Waals surface area contributed by atoms with Crippen LogP contribution >= 0.6 is 0 Å². The molecule has 0 saturated heterocycles. The van der Waals surface area contributed by atoms with Crippen LogP contribution in [0.4, 0.5) is 10.2 Å². The summed E-state index contributed by atoms with van der Waals surface area (Å²) in [4.78, 5) is 8.96. The van der Waals surface area contributed by atoms with E-state index in [2.05, 4.69) is 15.3 Å². The van der Waals surface area contributed by atoms with Crippen LogP contribution in [0.2, 0.25) is 0 Å². The summed E-state index contributed by atoms with van der Waals surface area (Å²) in [5.74, 6) is 0.568. The van der Waals surface area contributed by atoms with Crippen molar-refractivity contribution in [2.24, 2.45) is 0 Å². The van der Waals surface area contributed by atoms with Gasteiger partial charge in [0, 0.05) is 30.2 Å². The zero-order chi connectivity index (χ0) is 13.5. The molecular weight excluding hydrogens is 255 g/mol. The second-order valence-corrected chi connectivity index (χ2v) is 5.06. The minimum atomic E-state index is -0.240. The number of benzene rings is 1. The SMILES string of the molecule is Fc1ccc(-c2cn3ccnc(NC4CC4)c3n2)cc1. The van der Waals surface area contributed by atoms with Gasteiger partial charge >= 0.3 is 0 Å². The van der Waals surface area contributed by atoms with Crippen molar-refractivity contribution in [3.63, 3.8) is 0 Å². The Kier molecular flexibility index (Phi) is 2.45. The number of imidazole rings is 1. The van der Waals surface area contributed by atoms with E-state index in [9.17, 15) is 4.39 Å². The van der Waals surface area contributed by atoms with E-state index < -0.39 is 0 Å². The second-order valence-electron chi connectivity index (χ2n) is 5.06. The van der Waals surface area contributed by atoms with Gasteiger partial charge in [-0.15, -0.1) is 0 Å². The fraction of sp³-hybridized carbons (Fsp3) is 0.200. The Morgan fingerprint density at radius 3 is 2.75 bits per heavy atom. The summed E-state index contributed by atoms with van der Waals surface area (Å²) < 4.78 is 14.9. The maximum absolute atomic E-state index is 13.0. The van der Waals surface area contributed by atoms with Gasteiger partial charge in [0.1, 0.15) is 5.82 Å². The van der Waals surface area contributed by atoms with Gasteiger partial charge in [-0.05, 0) is 37.1 Å². The van der Waals surface area contributed by atoms with Crippen molar-refractivity contribution in [2.45, 2.75) is 18.9 Å². The molecule has 1 fully saturated rings. The average Bonchev–Trinajstić information content (AvgIpc) is 3.16. The van der Waals surface area contributed by atoms with E-state index in [-0.39, 0.29) is 5.82 Å². The van der Waals surface area contributed by atoms with E-state index in [4.69, 9.17) is 0 Å². The molecule has 2 aromatic heterocycles. The number of hydrogen-bond donors (Lipinski definition) is 1. The van der Waals surface area contributed by atoms with Gasteiger partial charge in [-0.3, -0.25) is 0 Å². The molecule has 0 amide bonds. The zero-order valence-electron chi connectivity index (χ0n) is 10.8. The maximum Gasteiger partial charge on any atom is 0.180 e. The number of nitrogens with one attached hydrogen (secondary N) is 1. The predicted molar refractivity (Wildman–Crippen MR) is 75.0 cm³/mol. The smallest absolute Gasteiger partial charge is 0.180 e. The second kappa shape index (κ2) is 4.30. The van der Waals surface area contributed by atoms with Crippen molar-refractivity contribution in [2.75, 3.05) is 5.32 Å². The average molecular weight is 268 g/mol. The summed E-state index contributed by atoms with van der Waals surface area (Å²) in [5, 5.41) is 3.38. The fourth-order valence-electron chi connectivity index (χ4n) is 2.20. The normalized spacial score (nSPS) is 14.7. The quantitative estimate of drug-likeness (QED) is 0.793. The topological polar surface area (TPSA) is 42.2 Å². The van der Waals surface area contributed by atoms with Gasteiger partial charge in [0.05, 0.1) is 5.69 Å². The molecule has 1 N–H and O–H groups in total. The maximum atomic E-state index is 13.0. The van der Waals surface area contributed by atoms with Gasteiger partial charge in [-0.2, -0.15) is 0 Å². The third kappa shape index (κ3) is 2.01. The first-order valence-corrected chi connectivity index (χ1v) is 6.66. The van der Waals surface area contributed by atoms with Gasteiger partial charge in [-0.1, -0.05) is 0 Å². The van der Waals surface area contributed by atoms with Crippen molar-refractivity contribution >= 4 is 11.5 Å². The number of hydrogen-bond acceptors (Lipinski definition) is 3. The Balaban J connectivity index is 1.79. The zero-order valence-corrected chi connectivity index (χ0v) is 10.8. The Labute approximate surface area is 115 Å². The molecule has 0 radical (unpaired) electrons. The fourth-order valence-corrected chi connectivity index (χ4v) is 2.20. The van der Waals surface area contributed by atoms with E-state index in [1.54, 1.807) is 18.3 Å². The molecule has 4 rings (SSSR count). The predicted octanol–water partition coefficient (Wildman–Crippen LogP) is 3.11. The van der Waals surface area contributed by atoms with Crippen LogP contribution in [0.5, 0.6) is 0 Å². The monoisotopic (exact) mass is 268 g/mol. The Morgan fingerprint density at radius 2 is 2.00 bits per heavy atom. The molecule has 1 aromatic carbocycles. The van der Waals surface area contributed by atoms with Crippen molar-refractivity contribution in [3.05, 3.63) is 48.7 Å². The highest BCUT2D eigenvalue weighted by Crippen LogP contribution is 2.27. The first-order chi connectivity index (χ1) is 9.79. The Morgan fingerprint density at radius 1 is 1.20 bits per heavy atom. The van der Waals surface area contributed by atoms with Crippen LogP contribution < -0.4 is 5.32 Å². The number of fused-ring (bicyclic) bond motifs is 1. The van der Waals surface area contributed by atoms with Crippen LogP contribution in [0.1, 0.15) is 12.8 Å². The standard InChI is InChI=1S/C15H13FN4/c16-11-3-1-10(2-4-11)13-9-20-8-7-17-14(15(20)19-13)18-12-5-6-12/h1-4,7-9,12H,5-6H2,(H,17,18). The van der Waals surface area contributed by atoms with Crippen molar-refractivity contribution in [1.29, 1.82) is 0 Å². The third-order valence-electron chi connectivity index (χ3n) is 3.43. The molecule has 20 heavy (non-hydrogen) atoms. The van der Waals surface area contributed by atoms with Gasteiger partial charge in [0.15, 0.2) is 11.5 Å². The van der Waals surface area contributed by atoms with Crippen molar-refractivity contribution in [1.82, 2.24) is 14.4 Å². The number of aromatic nitrogens is 3. The minimum absolute atomic E-state index is 0.240. The molecule has 1 aliphatic rings. The summed E-state index contributed by atoms with van der Waals surface area (Å²) >= 11 is 0. The molecule has 2 heterocycles. The van der Waals surface area contributed by atoms with Gasteiger partial charge in [-0.25, -0.2) is 14.4 Å². The van der Waals surface area contributed by atoms with Gasteiger partial charge in [0.25, 0.3) is 0 Å². The molecule has 0 aliphatic heterocycles. The van der Waals surface area contributed by atoms with E-state index in [1.165, 1.54) is 25.0 Å². The lowest BCUT2D eigenvalue weighted by Crippen LogP contribution is -2.04. The molecule has 0 spiro atoms. The molecule has 0 atom stereocenters. The first kappa shape index (κ1) is 11.4. The number of nitrogens with zero attached hydrogens (tertiary/aromatic N) is 3. The van der Waals surface area contributed by atoms with Crippen molar-refractivity contribution in [3.8, 4) is 11.3 Å². The summed E-state index contributed by atoms with van der Waals surface area (Å²) in [5.41, 5.74) is 2.52. The highest BCUT2D eigenvalue weighted by atomic mass is 19.1. The molecule has 100 valence electrons. The number of anilines is 1. The van der Waals surface area contributed by atoms with Gasteiger partial charge < -0.3 is 9.72 Å². The van der Waals surface area contributed by atoms with Crippen LogP contribution in [0.15, 0.2) is 42.9 Å². The number of rotatable bonds is 3. The van der Waals surface area contributed by atoms with Gasteiger partial charge in [0.2, 0.25) is 0 Å². The van der Waals surface area contributed by atoms with Crippen LogP contribution in [-0.4, -0.2) is 20.4 Å². The number of halogens is 1. The van der Waals surface area contributed by atoms with Crippen molar-refractivity contribution < 1.29 is 4.39 Å². The summed E-state index contributed by atoms with van der Waals surface area (Å²) in [6.45, 7) is 0. The van der Waals surface area contributed by atoms with Crippen LogP contribution in [0.25, 0.3) is 16.9 Å². The third-order valence-corrected chi connectivity index (χ3v) is 3.43. The van der Waals surface area contributed by atoms with E-state index >= 15 is 0 Å². The lowest BCUT2D eigenvalue weighted by molar-refractivity contribution is 0.628.